The van der Waals surface area contributed by atoms with Gasteiger partial charge >= 0.3 is 0 Å². The first-order valence-corrected chi connectivity index (χ1v) is 16.7. The molecule has 0 unspecified atom stereocenters. The minimum Gasteiger partial charge on any atom is -0.488 e. The Morgan fingerprint density at radius 3 is 2.40 bits per heavy atom. The highest BCUT2D eigenvalue weighted by atomic mass is 32.2. The number of sulfonamides is 2. The molecular formula is C29H38N4O8S2. The van der Waals surface area contributed by atoms with Crippen molar-refractivity contribution in [3.05, 3.63) is 65.0 Å². The zero-order chi connectivity index (χ0) is 31.7. The van der Waals surface area contributed by atoms with E-state index in [0.29, 0.717) is 11.3 Å². The maximum absolute atomic E-state index is 13.5. The van der Waals surface area contributed by atoms with Crippen molar-refractivity contribution in [1.29, 1.82) is 0 Å². The third-order valence-electron chi connectivity index (χ3n) is 7.57. The SMILES string of the molecule is Cc1ccc(S(=O)(=O)Nc2ccc3c(c2)CC(=O)N([C@@H](C)CO)C[C@@H](C)[C@@H](CN(C)S(=O)(=O)c2c(C)noc2C)O3)cc1. The van der Waals surface area contributed by atoms with Crippen molar-refractivity contribution in [3.63, 3.8) is 0 Å². The van der Waals surface area contributed by atoms with E-state index in [4.69, 9.17) is 9.26 Å². The summed E-state index contributed by atoms with van der Waals surface area (Å²) in [6.45, 7) is 8.37. The number of hydrogen-bond donors (Lipinski definition) is 2. The second-order valence-electron chi connectivity index (χ2n) is 11.1. The van der Waals surface area contributed by atoms with E-state index in [1.807, 2.05) is 13.8 Å². The Morgan fingerprint density at radius 1 is 1.12 bits per heavy atom. The number of benzene rings is 2. The number of aryl methyl sites for hydroxylation is 3. The zero-order valence-corrected chi connectivity index (χ0v) is 26.7. The fourth-order valence-corrected chi connectivity index (χ4v) is 7.51. The van der Waals surface area contributed by atoms with Gasteiger partial charge in [0.2, 0.25) is 15.9 Å². The zero-order valence-electron chi connectivity index (χ0n) is 25.1. The molecule has 0 saturated carbocycles. The van der Waals surface area contributed by atoms with Crippen LogP contribution in [0.2, 0.25) is 0 Å². The van der Waals surface area contributed by atoms with Crippen molar-refractivity contribution in [2.75, 3.05) is 31.5 Å². The second-order valence-corrected chi connectivity index (χ2v) is 14.7. The maximum atomic E-state index is 13.5. The van der Waals surface area contributed by atoms with Crippen LogP contribution in [-0.4, -0.2) is 81.1 Å². The van der Waals surface area contributed by atoms with Gasteiger partial charge in [0.25, 0.3) is 10.0 Å². The quantitative estimate of drug-likeness (QED) is 0.361. The number of carbonyl (C=O) groups is 1. The largest absolute Gasteiger partial charge is 0.488 e. The van der Waals surface area contributed by atoms with Crippen molar-refractivity contribution in [2.45, 2.75) is 63.0 Å². The highest BCUT2D eigenvalue weighted by Crippen LogP contribution is 2.31. The molecule has 12 nitrogen and oxygen atoms in total. The van der Waals surface area contributed by atoms with Gasteiger partial charge in [0.1, 0.15) is 22.4 Å². The van der Waals surface area contributed by atoms with Crippen molar-refractivity contribution < 1.29 is 36.0 Å². The summed E-state index contributed by atoms with van der Waals surface area (Å²) in [5.41, 5.74) is 1.81. The van der Waals surface area contributed by atoms with Crippen LogP contribution in [0.15, 0.2) is 56.8 Å². The van der Waals surface area contributed by atoms with Crippen LogP contribution in [0.25, 0.3) is 0 Å². The normalized spacial score (nSPS) is 18.8. The summed E-state index contributed by atoms with van der Waals surface area (Å²) >= 11 is 0. The predicted molar refractivity (Wildman–Crippen MR) is 160 cm³/mol. The Morgan fingerprint density at radius 2 is 1.79 bits per heavy atom. The van der Waals surface area contributed by atoms with Gasteiger partial charge in [0.05, 0.1) is 30.5 Å². The lowest BCUT2D eigenvalue weighted by atomic mass is 10.0. The third-order valence-corrected chi connectivity index (χ3v) is 11.0. The van der Waals surface area contributed by atoms with Crippen molar-refractivity contribution in [1.82, 2.24) is 14.4 Å². The molecule has 0 radical (unpaired) electrons. The fraction of sp³-hybridized carbons (Fsp3) is 0.448. The van der Waals surface area contributed by atoms with Crippen LogP contribution in [-0.2, 0) is 31.3 Å². The van der Waals surface area contributed by atoms with Gasteiger partial charge in [0, 0.05) is 30.8 Å². The summed E-state index contributed by atoms with van der Waals surface area (Å²) in [5, 5.41) is 13.7. The van der Waals surface area contributed by atoms with Gasteiger partial charge in [-0.15, -0.1) is 0 Å². The summed E-state index contributed by atoms with van der Waals surface area (Å²) in [6, 6.07) is 10.6. The van der Waals surface area contributed by atoms with Gasteiger partial charge in [-0.2, -0.15) is 4.31 Å². The number of aliphatic hydroxyl groups is 1. The van der Waals surface area contributed by atoms with E-state index in [0.717, 1.165) is 5.56 Å². The first-order chi connectivity index (χ1) is 20.1. The maximum Gasteiger partial charge on any atom is 0.261 e. The van der Waals surface area contributed by atoms with Crippen LogP contribution in [0.4, 0.5) is 5.69 Å². The van der Waals surface area contributed by atoms with E-state index in [9.17, 15) is 26.7 Å². The van der Waals surface area contributed by atoms with Crippen molar-refractivity contribution in [3.8, 4) is 5.75 Å². The second kappa shape index (κ2) is 12.6. The minimum atomic E-state index is -3.99. The van der Waals surface area contributed by atoms with E-state index in [1.54, 1.807) is 36.9 Å². The van der Waals surface area contributed by atoms with Crippen LogP contribution >= 0.6 is 0 Å². The van der Waals surface area contributed by atoms with Crippen LogP contribution in [0.1, 0.15) is 36.4 Å². The van der Waals surface area contributed by atoms with E-state index in [-0.39, 0.29) is 64.9 Å². The molecule has 1 aromatic heterocycles. The Kier molecular flexibility index (Phi) is 9.54. The Hall–Kier alpha value is -3.46. The highest BCUT2D eigenvalue weighted by molar-refractivity contribution is 7.92. The van der Waals surface area contributed by atoms with E-state index in [2.05, 4.69) is 9.88 Å². The average Bonchev–Trinajstić information content (AvgIpc) is 3.31. The average molecular weight is 635 g/mol. The lowest BCUT2D eigenvalue weighted by molar-refractivity contribution is -0.134. The van der Waals surface area contributed by atoms with Crippen LogP contribution in [0.3, 0.4) is 0 Å². The Bertz CT molecular complexity index is 1670. The lowest BCUT2D eigenvalue weighted by Crippen LogP contribution is -2.48. The third kappa shape index (κ3) is 7.03. The number of aromatic nitrogens is 1. The number of rotatable bonds is 9. The molecule has 3 atom stereocenters. The molecule has 0 bridgehead atoms. The summed E-state index contributed by atoms with van der Waals surface area (Å²) in [7, 11) is -6.46. The van der Waals surface area contributed by atoms with E-state index in [1.165, 1.54) is 42.5 Å². The van der Waals surface area contributed by atoms with Crippen LogP contribution < -0.4 is 9.46 Å². The molecule has 4 rings (SSSR count). The molecule has 234 valence electrons. The van der Waals surface area contributed by atoms with Gasteiger partial charge in [-0.3, -0.25) is 9.52 Å². The molecule has 43 heavy (non-hydrogen) atoms. The molecule has 3 aromatic rings. The number of amides is 1. The first kappa shape index (κ1) is 32.5. The summed E-state index contributed by atoms with van der Waals surface area (Å²) in [6.07, 6.45) is -0.833. The van der Waals surface area contributed by atoms with E-state index >= 15 is 0 Å². The number of nitrogens with one attached hydrogen (secondary N) is 1. The molecule has 1 aliphatic rings. The van der Waals surface area contributed by atoms with Crippen molar-refractivity contribution in [2.24, 2.45) is 5.92 Å². The predicted octanol–water partition coefficient (Wildman–Crippen LogP) is 2.87. The molecule has 0 spiro atoms. The Balaban J connectivity index is 1.69. The number of hydrogen-bond acceptors (Lipinski definition) is 9. The molecule has 0 aliphatic carbocycles. The van der Waals surface area contributed by atoms with Gasteiger partial charge < -0.3 is 19.3 Å². The molecule has 2 heterocycles. The number of ether oxygens (including phenoxy) is 1. The molecule has 14 heteroatoms. The van der Waals surface area contributed by atoms with Gasteiger partial charge in [-0.25, -0.2) is 16.8 Å². The Labute approximate surface area is 252 Å². The number of anilines is 1. The van der Waals surface area contributed by atoms with Crippen LogP contribution in [0.5, 0.6) is 5.75 Å². The highest BCUT2D eigenvalue weighted by Gasteiger charge is 2.35. The monoisotopic (exact) mass is 634 g/mol. The number of fused-ring (bicyclic) bond motifs is 1. The number of nitrogens with zero attached hydrogens (tertiary/aromatic N) is 3. The van der Waals surface area contributed by atoms with E-state index < -0.39 is 32.2 Å². The molecule has 0 fully saturated rings. The van der Waals surface area contributed by atoms with Gasteiger partial charge in [-0.05, 0) is 58.0 Å². The molecule has 1 aliphatic heterocycles. The van der Waals surface area contributed by atoms with Gasteiger partial charge in [-0.1, -0.05) is 29.8 Å². The summed E-state index contributed by atoms with van der Waals surface area (Å²) < 4.78 is 68.2. The molecule has 2 aromatic carbocycles. The number of likely N-dealkylation sites (N-methyl/N-ethyl adjacent to an activating group) is 1. The summed E-state index contributed by atoms with van der Waals surface area (Å²) in [4.78, 5) is 15.1. The lowest BCUT2D eigenvalue weighted by Gasteiger charge is -2.33. The molecule has 0 saturated heterocycles. The molecule has 1 amide bonds. The smallest absolute Gasteiger partial charge is 0.261 e. The number of aliphatic hydroxyl groups excluding tert-OH is 1. The minimum absolute atomic E-state index is 0.0117. The summed E-state index contributed by atoms with van der Waals surface area (Å²) in [5.74, 6) is -0.141. The molecule has 2 N–H and O–H groups in total. The standard InChI is InChI=1S/C29H38N4O8S2/c1-18-7-10-25(11-8-18)42(36,37)31-24-9-12-26-23(13-24)14-28(35)33(20(3)17-34)15-19(2)27(40-26)16-32(6)43(38,39)29-21(4)30-41-22(29)5/h7-13,19-20,27,31,34H,14-17H2,1-6H3/t19-,20+,27-/m1/s1. The van der Waals surface area contributed by atoms with Gasteiger partial charge in [0.15, 0.2) is 5.76 Å². The topological polar surface area (TPSA) is 159 Å². The molecular weight excluding hydrogens is 596 g/mol. The number of carbonyl (C=O) groups excluding carboxylic acids is 1. The van der Waals surface area contributed by atoms with Crippen LogP contribution in [0, 0.1) is 26.7 Å². The first-order valence-electron chi connectivity index (χ1n) is 13.8. The van der Waals surface area contributed by atoms with Crippen molar-refractivity contribution >= 4 is 31.6 Å². The fourth-order valence-electron chi connectivity index (χ4n) is 4.99.